The average Bonchev–Trinajstić information content (AvgIpc) is 3.50. The number of aromatic amines is 1. The van der Waals surface area contributed by atoms with Crippen molar-refractivity contribution in [1.29, 1.82) is 0 Å². The molecule has 0 aliphatic carbocycles. The molecule has 1 saturated heterocycles. The molecule has 14 heteroatoms. The average molecular weight is 642 g/mol. The lowest BCUT2D eigenvalue weighted by atomic mass is 9.82. The molecule has 3 heterocycles. The number of anilines is 2. The fourth-order valence-electron chi connectivity index (χ4n) is 5.31. The number of para-hydroxylation sites is 1. The number of fused-ring (bicyclic) bond motifs is 2. The number of hydrogen-bond donors (Lipinski definition) is 2. The van der Waals surface area contributed by atoms with Crippen LogP contribution in [0.3, 0.4) is 0 Å². The number of imide groups is 1. The molecule has 1 aromatic heterocycles. The highest BCUT2D eigenvalue weighted by Gasteiger charge is 2.57. The van der Waals surface area contributed by atoms with Gasteiger partial charge in [0.1, 0.15) is 16.7 Å². The molecule has 0 spiro atoms. The van der Waals surface area contributed by atoms with Gasteiger partial charge in [-0.1, -0.05) is 47.4 Å². The standard InChI is InChI=1S/C30H22F3N3O6S2/c1-41-18-11-9-16(10-12-18)34-21(37)14-42-20-8-3-2-7-19(20)22-23-25(43-26-24(22)44-29(40)35-26)28(39)36(27(23)38)17-6-4-5-15(13-17)30(31,32)33/h2-13,22-23,25H,14H2,1H3,(H,34,37)(H,35,40)/t22-,23?,25?/m1/s1. The number of rotatable bonds is 7. The molecule has 2 aliphatic heterocycles. The highest BCUT2D eigenvalue weighted by Crippen LogP contribution is 2.54. The summed E-state index contributed by atoms with van der Waals surface area (Å²) in [7, 11) is 1.53. The van der Waals surface area contributed by atoms with Crippen LogP contribution in [0, 0.1) is 5.92 Å². The lowest BCUT2D eigenvalue weighted by Gasteiger charge is -2.30. The summed E-state index contributed by atoms with van der Waals surface area (Å²) in [6.07, 6.45) is -4.68. The molecule has 9 nitrogen and oxygen atoms in total. The molecule has 1 fully saturated rings. The van der Waals surface area contributed by atoms with Crippen LogP contribution in [0.15, 0.2) is 82.6 Å². The number of H-pyrrole nitrogens is 1. The van der Waals surface area contributed by atoms with Gasteiger partial charge in [0.2, 0.25) is 11.8 Å². The van der Waals surface area contributed by atoms with Crippen LogP contribution in [0.5, 0.6) is 11.5 Å². The van der Waals surface area contributed by atoms with Crippen LogP contribution in [-0.2, 0) is 20.6 Å². The van der Waals surface area contributed by atoms with Crippen molar-refractivity contribution >= 4 is 52.2 Å². The largest absolute Gasteiger partial charge is 0.497 e. The van der Waals surface area contributed by atoms with Crippen molar-refractivity contribution in [2.75, 3.05) is 23.9 Å². The minimum Gasteiger partial charge on any atom is -0.497 e. The summed E-state index contributed by atoms with van der Waals surface area (Å²) >= 11 is 1.88. The Bertz CT molecular complexity index is 1820. The van der Waals surface area contributed by atoms with E-state index in [2.05, 4.69) is 10.3 Å². The lowest BCUT2D eigenvalue weighted by Crippen LogP contribution is -2.32. The molecular weight excluding hydrogens is 619 g/mol. The number of methoxy groups -OCH3 is 1. The molecule has 0 saturated carbocycles. The van der Waals surface area contributed by atoms with Crippen molar-refractivity contribution < 1.29 is 37.0 Å². The van der Waals surface area contributed by atoms with Crippen molar-refractivity contribution in [3.63, 3.8) is 0 Å². The Balaban J connectivity index is 1.32. The second-order valence-electron chi connectivity index (χ2n) is 9.91. The van der Waals surface area contributed by atoms with Crippen LogP contribution in [0.25, 0.3) is 0 Å². The van der Waals surface area contributed by atoms with Gasteiger partial charge in [-0.25, -0.2) is 4.90 Å². The molecule has 2 unspecified atom stereocenters. The Morgan fingerprint density at radius 1 is 1.00 bits per heavy atom. The SMILES string of the molecule is COc1ccc(NC(=O)COc2ccccc2[C@H]2c3sc(=O)[nH]c3SC3C(=O)N(c4cccc(C(F)(F)F)c4)C(=O)C32)cc1. The van der Waals surface area contributed by atoms with E-state index in [-0.39, 0.29) is 16.3 Å². The first-order chi connectivity index (χ1) is 21.0. The number of nitrogens with one attached hydrogen (secondary N) is 2. The zero-order chi connectivity index (χ0) is 31.2. The second kappa shape index (κ2) is 11.5. The lowest BCUT2D eigenvalue weighted by molar-refractivity contribution is -0.137. The van der Waals surface area contributed by atoms with Gasteiger partial charge in [-0.3, -0.25) is 19.2 Å². The summed E-state index contributed by atoms with van der Waals surface area (Å²) in [4.78, 5) is 56.3. The predicted molar refractivity (Wildman–Crippen MR) is 157 cm³/mol. The van der Waals surface area contributed by atoms with Crippen molar-refractivity contribution in [1.82, 2.24) is 4.98 Å². The number of aromatic nitrogens is 1. The second-order valence-corrected chi connectivity index (χ2v) is 12.1. The van der Waals surface area contributed by atoms with E-state index in [0.717, 1.165) is 46.2 Å². The van der Waals surface area contributed by atoms with Crippen molar-refractivity contribution in [3.8, 4) is 11.5 Å². The van der Waals surface area contributed by atoms with Gasteiger partial charge in [0.15, 0.2) is 6.61 Å². The molecule has 4 aromatic rings. The smallest absolute Gasteiger partial charge is 0.416 e. The van der Waals surface area contributed by atoms with Gasteiger partial charge in [0.25, 0.3) is 5.91 Å². The van der Waals surface area contributed by atoms with E-state index >= 15 is 0 Å². The van der Waals surface area contributed by atoms with Gasteiger partial charge in [-0.2, -0.15) is 13.2 Å². The van der Waals surface area contributed by atoms with E-state index in [9.17, 15) is 32.3 Å². The van der Waals surface area contributed by atoms with Crippen LogP contribution in [0.4, 0.5) is 24.5 Å². The Hall–Kier alpha value is -4.56. The van der Waals surface area contributed by atoms with Gasteiger partial charge in [0.05, 0.1) is 29.3 Å². The molecule has 2 N–H and O–H groups in total. The minimum atomic E-state index is -4.68. The number of thiazole rings is 1. The summed E-state index contributed by atoms with van der Waals surface area (Å²) in [5, 5.41) is 2.09. The first-order valence-corrected chi connectivity index (χ1v) is 14.8. The first kappa shape index (κ1) is 29.5. The van der Waals surface area contributed by atoms with Crippen LogP contribution in [-0.4, -0.2) is 41.7 Å². The van der Waals surface area contributed by atoms with Gasteiger partial charge in [-0.05, 0) is 48.5 Å². The quantitative estimate of drug-likeness (QED) is 0.264. The summed E-state index contributed by atoms with van der Waals surface area (Å²) in [6, 6.07) is 17.4. The van der Waals surface area contributed by atoms with E-state index in [1.54, 1.807) is 48.5 Å². The summed E-state index contributed by atoms with van der Waals surface area (Å²) in [6.45, 7) is -0.391. The number of hydrogen-bond acceptors (Lipinski definition) is 8. The number of thioether (sulfide) groups is 1. The van der Waals surface area contributed by atoms with E-state index in [1.165, 1.54) is 13.2 Å². The Kier molecular flexibility index (Phi) is 7.72. The molecule has 44 heavy (non-hydrogen) atoms. The highest BCUT2D eigenvalue weighted by molar-refractivity contribution is 8.00. The van der Waals surface area contributed by atoms with Gasteiger partial charge in [0, 0.05) is 22.0 Å². The third kappa shape index (κ3) is 5.46. The molecule has 3 aromatic carbocycles. The normalized spacial score (nSPS) is 19.4. The number of ether oxygens (including phenoxy) is 2. The fraction of sp³-hybridized carbons (Fsp3) is 0.200. The molecule has 2 aliphatic rings. The fourth-order valence-corrected chi connectivity index (χ4v) is 7.82. The van der Waals surface area contributed by atoms with E-state index in [1.807, 2.05) is 0 Å². The maximum absolute atomic E-state index is 14.0. The number of amides is 3. The number of alkyl halides is 3. The number of carbonyl (C=O) groups excluding carboxylic acids is 3. The maximum atomic E-state index is 14.0. The van der Waals surface area contributed by atoms with Crippen LogP contribution in [0.2, 0.25) is 0 Å². The Labute approximate surface area is 256 Å². The Morgan fingerprint density at radius 2 is 1.75 bits per heavy atom. The number of carbonyl (C=O) groups is 3. The van der Waals surface area contributed by atoms with E-state index in [4.69, 9.17) is 9.47 Å². The van der Waals surface area contributed by atoms with Gasteiger partial charge < -0.3 is 19.8 Å². The Morgan fingerprint density at radius 3 is 2.48 bits per heavy atom. The summed E-state index contributed by atoms with van der Waals surface area (Å²) in [5.41, 5.74) is -0.222. The molecule has 3 atom stereocenters. The van der Waals surface area contributed by atoms with Crippen LogP contribution >= 0.6 is 23.1 Å². The topological polar surface area (TPSA) is 118 Å². The minimum absolute atomic E-state index is 0.194. The summed E-state index contributed by atoms with van der Waals surface area (Å²) < 4.78 is 51.4. The third-order valence-corrected chi connectivity index (χ3v) is 9.64. The van der Waals surface area contributed by atoms with Gasteiger partial charge in [-0.15, -0.1) is 0 Å². The zero-order valence-electron chi connectivity index (χ0n) is 22.7. The monoisotopic (exact) mass is 641 g/mol. The maximum Gasteiger partial charge on any atom is 0.416 e. The van der Waals surface area contributed by atoms with E-state index < -0.39 is 53.2 Å². The number of benzene rings is 3. The molecule has 3 amide bonds. The highest BCUT2D eigenvalue weighted by atomic mass is 32.2. The third-order valence-electron chi connectivity index (χ3n) is 7.24. The zero-order valence-corrected chi connectivity index (χ0v) is 24.3. The number of nitrogens with zero attached hydrogens (tertiary/aromatic N) is 1. The van der Waals surface area contributed by atoms with E-state index in [0.29, 0.717) is 26.9 Å². The molecule has 0 radical (unpaired) electrons. The summed E-state index contributed by atoms with van der Waals surface area (Å²) in [5.74, 6) is -2.89. The van der Waals surface area contributed by atoms with Crippen LogP contribution < -0.4 is 24.6 Å². The van der Waals surface area contributed by atoms with Crippen molar-refractivity contribution in [2.45, 2.75) is 22.4 Å². The molecule has 226 valence electrons. The van der Waals surface area contributed by atoms with Gasteiger partial charge >= 0.3 is 11.0 Å². The molecule has 0 bridgehead atoms. The van der Waals surface area contributed by atoms with Crippen molar-refractivity contribution in [2.24, 2.45) is 5.92 Å². The predicted octanol–water partition coefficient (Wildman–Crippen LogP) is 5.28. The molecular formula is C30H22F3N3O6S2. The first-order valence-electron chi connectivity index (χ1n) is 13.2. The van der Waals surface area contributed by atoms with Crippen molar-refractivity contribution in [3.05, 3.63) is 98.5 Å². The van der Waals surface area contributed by atoms with Crippen LogP contribution in [0.1, 0.15) is 21.9 Å². The number of halogens is 3. The molecule has 6 rings (SSSR count).